The lowest BCUT2D eigenvalue weighted by molar-refractivity contribution is 0.355. The Morgan fingerprint density at radius 3 is 2.53 bits per heavy atom. The molecule has 0 saturated carbocycles. The fourth-order valence-corrected chi connectivity index (χ4v) is 4.86. The van der Waals surface area contributed by atoms with Crippen LogP contribution < -0.4 is 0 Å². The lowest BCUT2D eigenvalue weighted by Crippen LogP contribution is -2.37. The predicted octanol–water partition coefficient (Wildman–Crippen LogP) is 3.30. The number of thiophene rings is 1. The van der Waals surface area contributed by atoms with Crippen molar-refractivity contribution in [3.8, 4) is 0 Å². The summed E-state index contributed by atoms with van der Waals surface area (Å²) in [6.07, 6.45) is 0.811. The van der Waals surface area contributed by atoms with E-state index in [1.54, 1.807) is 11.4 Å². The van der Waals surface area contributed by atoms with Gasteiger partial charge in [-0.1, -0.05) is 6.92 Å². The van der Waals surface area contributed by atoms with Crippen LogP contribution in [0.25, 0.3) is 0 Å². The number of sulfonamides is 1. The van der Waals surface area contributed by atoms with E-state index >= 15 is 0 Å². The van der Waals surface area contributed by atoms with Crippen LogP contribution in [0.3, 0.4) is 0 Å². The second kappa shape index (κ2) is 6.18. The molecule has 0 unspecified atom stereocenters. The predicted molar refractivity (Wildman–Crippen MR) is 73.2 cm³/mol. The lowest BCUT2D eigenvalue weighted by Gasteiger charge is -2.24. The minimum atomic E-state index is -3.36. The van der Waals surface area contributed by atoms with E-state index in [0.717, 1.165) is 12.0 Å². The van der Waals surface area contributed by atoms with E-state index < -0.39 is 10.0 Å². The number of halogens is 1. The summed E-state index contributed by atoms with van der Waals surface area (Å²) in [7, 11) is -3.36. The van der Waals surface area contributed by atoms with Gasteiger partial charge in [0.25, 0.3) is 10.0 Å². The summed E-state index contributed by atoms with van der Waals surface area (Å²) in [5.41, 5.74) is 0.857. The molecule has 0 aliphatic carbocycles. The molecule has 0 aliphatic heterocycles. The Morgan fingerprint density at radius 1 is 1.47 bits per heavy atom. The fourth-order valence-electron chi connectivity index (χ4n) is 1.55. The summed E-state index contributed by atoms with van der Waals surface area (Å²) >= 11 is 6.93. The molecule has 0 aliphatic rings. The van der Waals surface area contributed by atoms with Crippen LogP contribution in [0.2, 0.25) is 0 Å². The van der Waals surface area contributed by atoms with E-state index in [9.17, 15) is 8.42 Å². The maximum Gasteiger partial charge on any atom is 0.252 e. The van der Waals surface area contributed by atoms with Gasteiger partial charge in [0, 0.05) is 18.5 Å². The molecule has 98 valence electrons. The van der Waals surface area contributed by atoms with Gasteiger partial charge >= 0.3 is 0 Å². The Morgan fingerprint density at radius 2 is 2.12 bits per heavy atom. The molecular formula is C11H18ClNO2S2. The second-order valence-corrected chi connectivity index (χ2v) is 7.41. The average Bonchev–Trinajstić information content (AvgIpc) is 2.74. The topological polar surface area (TPSA) is 37.4 Å². The van der Waals surface area contributed by atoms with Gasteiger partial charge < -0.3 is 0 Å². The van der Waals surface area contributed by atoms with E-state index in [2.05, 4.69) is 0 Å². The minimum absolute atomic E-state index is 0.0264. The standard InChI is InChI=1S/C11H18ClNO2S2/c1-4-5-13(9(2)3)17(14,15)11-6-10(7-12)8-16-11/h6,8-9H,4-5,7H2,1-3H3. The number of alkyl halides is 1. The van der Waals surface area contributed by atoms with E-state index in [1.165, 1.54) is 15.6 Å². The van der Waals surface area contributed by atoms with Crippen LogP contribution in [-0.2, 0) is 15.9 Å². The molecule has 0 atom stereocenters. The Bertz CT molecular complexity index is 454. The molecule has 0 radical (unpaired) electrons. The molecule has 1 aromatic rings. The van der Waals surface area contributed by atoms with Crippen molar-refractivity contribution in [2.45, 2.75) is 43.3 Å². The smallest absolute Gasteiger partial charge is 0.206 e. The van der Waals surface area contributed by atoms with Crippen LogP contribution in [0.1, 0.15) is 32.8 Å². The van der Waals surface area contributed by atoms with Crippen molar-refractivity contribution in [2.24, 2.45) is 0 Å². The van der Waals surface area contributed by atoms with Crippen LogP contribution in [-0.4, -0.2) is 25.3 Å². The normalized spacial score (nSPS) is 12.6. The van der Waals surface area contributed by atoms with Gasteiger partial charge in [-0.2, -0.15) is 4.31 Å². The monoisotopic (exact) mass is 295 g/mol. The van der Waals surface area contributed by atoms with Crippen molar-refractivity contribution in [3.63, 3.8) is 0 Å². The van der Waals surface area contributed by atoms with Gasteiger partial charge in [-0.3, -0.25) is 0 Å². The number of nitrogens with zero attached hydrogens (tertiary/aromatic N) is 1. The van der Waals surface area contributed by atoms with Crippen LogP contribution in [0, 0.1) is 0 Å². The molecule has 0 N–H and O–H groups in total. The molecule has 1 aromatic heterocycles. The molecule has 0 amide bonds. The highest BCUT2D eigenvalue weighted by molar-refractivity contribution is 7.91. The van der Waals surface area contributed by atoms with Crippen LogP contribution in [0.5, 0.6) is 0 Å². The molecule has 0 bridgehead atoms. The Balaban J connectivity index is 3.07. The summed E-state index contributed by atoms with van der Waals surface area (Å²) < 4.78 is 26.7. The summed E-state index contributed by atoms with van der Waals surface area (Å²) in [5, 5.41) is 1.80. The third-order valence-electron chi connectivity index (χ3n) is 2.37. The molecular weight excluding hydrogens is 278 g/mol. The highest BCUT2D eigenvalue weighted by atomic mass is 35.5. The first-order chi connectivity index (χ1) is 7.93. The van der Waals surface area contributed by atoms with Crippen molar-refractivity contribution < 1.29 is 8.42 Å². The van der Waals surface area contributed by atoms with Gasteiger partial charge in [0.1, 0.15) is 4.21 Å². The summed E-state index contributed by atoms with van der Waals surface area (Å²) in [6.45, 7) is 6.31. The SMILES string of the molecule is CCCN(C(C)C)S(=O)(=O)c1cc(CCl)cs1. The van der Waals surface area contributed by atoms with E-state index in [-0.39, 0.29) is 6.04 Å². The maximum atomic E-state index is 12.4. The first-order valence-electron chi connectivity index (χ1n) is 5.58. The summed E-state index contributed by atoms with van der Waals surface area (Å²) in [6, 6.07) is 1.64. The van der Waals surface area contributed by atoms with Crippen molar-refractivity contribution in [1.29, 1.82) is 0 Å². The Kier molecular flexibility index (Phi) is 5.44. The van der Waals surface area contributed by atoms with Crippen LogP contribution >= 0.6 is 22.9 Å². The van der Waals surface area contributed by atoms with Gasteiger partial charge in [-0.25, -0.2) is 8.42 Å². The molecule has 0 fully saturated rings. The van der Waals surface area contributed by atoms with Crippen molar-refractivity contribution in [3.05, 3.63) is 17.0 Å². The van der Waals surface area contributed by atoms with Crippen molar-refractivity contribution >= 4 is 33.0 Å². The highest BCUT2D eigenvalue weighted by Gasteiger charge is 2.27. The zero-order valence-corrected chi connectivity index (χ0v) is 12.7. The summed E-state index contributed by atoms with van der Waals surface area (Å²) in [4.78, 5) is 0. The quantitative estimate of drug-likeness (QED) is 0.755. The van der Waals surface area contributed by atoms with Gasteiger partial charge in [0.2, 0.25) is 0 Å². The fraction of sp³-hybridized carbons (Fsp3) is 0.636. The van der Waals surface area contributed by atoms with E-state index in [1.807, 2.05) is 20.8 Å². The zero-order valence-electron chi connectivity index (χ0n) is 10.3. The Labute approximate surface area is 112 Å². The van der Waals surface area contributed by atoms with Crippen molar-refractivity contribution in [2.75, 3.05) is 6.54 Å². The first kappa shape index (κ1) is 15.0. The van der Waals surface area contributed by atoms with E-state index in [4.69, 9.17) is 11.6 Å². The number of rotatable bonds is 6. The third kappa shape index (κ3) is 3.44. The molecule has 0 saturated heterocycles. The van der Waals surface area contributed by atoms with Crippen molar-refractivity contribution in [1.82, 2.24) is 4.31 Å². The van der Waals surface area contributed by atoms with Gasteiger partial charge in [0.15, 0.2) is 0 Å². The molecule has 1 rings (SSSR count). The minimum Gasteiger partial charge on any atom is -0.206 e. The largest absolute Gasteiger partial charge is 0.252 e. The maximum absolute atomic E-state index is 12.4. The molecule has 0 aromatic carbocycles. The molecule has 1 heterocycles. The molecule has 6 heteroatoms. The van der Waals surface area contributed by atoms with Gasteiger partial charge in [-0.05, 0) is 37.3 Å². The van der Waals surface area contributed by atoms with E-state index in [0.29, 0.717) is 16.6 Å². The lowest BCUT2D eigenvalue weighted by atomic mass is 10.4. The number of hydrogen-bond donors (Lipinski definition) is 0. The van der Waals surface area contributed by atoms with Crippen LogP contribution in [0.15, 0.2) is 15.7 Å². The summed E-state index contributed by atoms with van der Waals surface area (Å²) in [5.74, 6) is 0.349. The molecule has 17 heavy (non-hydrogen) atoms. The number of hydrogen-bond acceptors (Lipinski definition) is 3. The average molecular weight is 296 g/mol. The first-order valence-corrected chi connectivity index (χ1v) is 8.44. The van der Waals surface area contributed by atoms with Gasteiger partial charge in [0.05, 0.1) is 0 Å². The van der Waals surface area contributed by atoms with Gasteiger partial charge in [-0.15, -0.1) is 22.9 Å². The highest BCUT2D eigenvalue weighted by Crippen LogP contribution is 2.26. The third-order valence-corrected chi connectivity index (χ3v) is 6.21. The molecule has 0 spiro atoms. The van der Waals surface area contributed by atoms with Crippen LogP contribution in [0.4, 0.5) is 0 Å². The Hall–Kier alpha value is -0.100. The second-order valence-electron chi connectivity index (χ2n) is 4.12. The zero-order chi connectivity index (χ0) is 13.1. The molecule has 3 nitrogen and oxygen atoms in total.